The molecule has 0 radical (unpaired) electrons. The van der Waals surface area contributed by atoms with Gasteiger partial charge in [0.1, 0.15) is 8.42 Å². The van der Waals surface area contributed by atoms with Crippen LogP contribution in [0.3, 0.4) is 0 Å². The predicted octanol–water partition coefficient (Wildman–Crippen LogP) is 5.77. The monoisotopic (exact) mass is 416 g/mol. The lowest BCUT2D eigenvalue weighted by molar-refractivity contribution is 0.687. The van der Waals surface area contributed by atoms with Crippen LogP contribution >= 0.6 is 22.7 Å². The average Bonchev–Trinajstić information content (AvgIpc) is 3.19. The van der Waals surface area contributed by atoms with Gasteiger partial charge in [0.15, 0.2) is 0 Å². The van der Waals surface area contributed by atoms with E-state index in [-0.39, 0.29) is 0 Å². The molecule has 2 nitrogen and oxygen atoms in total. The van der Waals surface area contributed by atoms with Crippen molar-refractivity contribution in [2.75, 3.05) is 12.5 Å². The Morgan fingerprint density at radius 1 is 0.615 bits per heavy atom. The first-order valence-corrected chi connectivity index (χ1v) is 12.7. The molecule has 132 valence electrons. The van der Waals surface area contributed by atoms with Gasteiger partial charge in [-0.05, 0) is 11.1 Å². The molecule has 0 aliphatic carbocycles. The van der Waals surface area contributed by atoms with E-state index < -0.39 is 21.6 Å². The Hall–Kier alpha value is -1.60. The van der Waals surface area contributed by atoms with Crippen molar-refractivity contribution in [3.63, 3.8) is 0 Å². The van der Waals surface area contributed by atoms with Crippen molar-refractivity contribution in [2.24, 2.45) is 0 Å². The van der Waals surface area contributed by atoms with Gasteiger partial charge in [-0.25, -0.2) is 0 Å². The normalized spacial score (nSPS) is 13.8. The van der Waals surface area contributed by atoms with Crippen LogP contribution in [0, 0.1) is 0 Å². The molecule has 26 heavy (non-hydrogen) atoms. The van der Waals surface area contributed by atoms with Gasteiger partial charge in [0.2, 0.25) is 0 Å². The number of benzene rings is 2. The Labute approximate surface area is 165 Å². The van der Waals surface area contributed by atoms with E-state index >= 15 is 0 Å². The third-order valence-corrected chi connectivity index (χ3v) is 9.60. The molecule has 0 amide bonds. The molecule has 6 heteroatoms. The molecular weight excluding hydrogens is 400 g/mol. The molecule has 2 aromatic heterocycles. The third-order valence-electron chi connectivity index (χ3n) is 4.11. The molecule has 0 bridgehead atoms. The highest BCUT2D eigenvalue weighted by molar-refractivity contribution is 7.88. The van der Waals surface area contributed by atoms with Gasteiger partial charge < -0.3 is 0 Å². The second-order valence-electron chi connectivity index (χ2n) is 5.83. The summed E-state index contributed by atoms with van der Waals surface area (Å²) in [7, 11) is -2.17. The summed E-state index contributed by atoms with van der Waals surface area (Å²) in [6.07, 6.45) is 3.45. The van der Waals surface area contributed by atoms with Gasteiger partial charge in [0.05, 0.1) is 31.0 Å². The van der Waals surface area contributed by atoms with Crippen LogP contribution < -0.4 is 0 Å². The van der Waals surface area contributed by atoms with Crippen LogP contribution in [0.1, 0.15) is 0 Å². The lowest BCUT2D eigenvalue weighted by Gasteiger charge is -2.03. The summed E-state index contributed by atoms with van der Waals surface area (Å²) >= 11 is 3.12. The van der Waals surface area contributed by atoms with Crippen molar-refractivity contribution in [1.82, 2.24) is 0 Å². The van der Waals surface area contributed by atoms with Gasteiger partial charge in [0.25, 0.3) is 0 Å². The number of hydrogen-bond acceptors (Lipinski definition) is 4. The highest BCUT2D eigenvalue weighted by atomic mass is 32.2. The van der Waals surface area contributed by atoms with Crippen molar-refractivity contribution in [1.29, 1.82) is 0 Å². The Balaban J connectivity index is 2.11. The first-order chi connectivity index (χ1) is 12.6. The van der Waals surface area contributed by atoms with E-state index in [1.165, 1.54) is 0 Å². The zero-order valence-electron chi connectivity index (χ0n) is 14.2. The lowest BCUT2D eigenvalue weighted by atomic mass is 10.1. The van der Waals surface area contributed by atoms with E-state index in [1.807, 2.05) is 60.7 Å². The maximum atomic E-state index is 12.4. The summed E-state index contributed by atoms with van der Waals surface area (Å²) in [5.74, 6) is 0. The molecule has 0 spiro atoms. The average molecular weight is 417 g/mol. The Bertz CT molecular complexity index is 1030. The van der Waals surface area contributed by atoms with Gasteiger partial charge in [-0.2, -0.15) is 0 Å². The predicted molar refractivity (Wildman–Crippen MR) is 115 cm³/mol. The van der Waals surface area contributed by atoms with Gasteiger partial charge >= 0.3 is 0 Å². The van der Waals surface area contributed by atoms with Gasteiger partial charge in [-0.15, -0.1) is 22.7 Å². The van der Waals surface area contributed by atoms with E-state index in [9.17, 15) is 8.42 Å². The topological polar surface area (TPSA) is 34.1 Å². The quantitative estimate of drug-likeness (QED) is 0.423. The molecule has 2 atom stereocenters. The van der Waals surface area contributed by atoms with Crippen molar-refractivity contribution in [3.8, 4) is 22.3 Å². The fourth-order valence-corrected chi connectivity index (χ4v) is 8.02. The maximum Gasteiger partial charge on any atom is 0.101 e. The summed E-state index contributed by atoms with van der Waals surface area (Å²) in [6.45, 7) is 0. The van der Waals surface area contributed by atoms with E-state index in [2.05, 4.69) is 0 Å². The molecule has 4 rings (SSSR count). The minimum Gasteiger partial charge on any atom is -0.254 e. The van der Waals surface area contributed by atoms with Crippen LogP contribution in [-0.4, -0.2) is 20.9 Å². The first-order valence-electron chi connectivity index (χ1n) is 7.95. The third kappa shape index (κ3) is 3.01. The molecule has 0 aliphatic heterocycles. The van der Waals surface area contributed by atoms with Crippen LogP contribution in [0.25, 0.3) is 31.7 Å². The molecule has 2 unspecified atom stereocenters. The van der Waals surface area contributed by atoms with E-state index in [4.69, 9.17) is 0 Å². The molecule has 0 saturated heterocycles. The first kappa shape index (κ1) is 17.8. The summed E-state index contributed by atoms with van der Waals surface area (Å²) in [4.78, 5) is 0. The maximum absolute atomic E-state index is 12.4. The highest BCUT2D eigenvalue weighted by Crippen LogP contribution is 2.51. The second-order valence-corrected chi connectivity index (χ2v) is 11.0. The largest absolute Gasteiger partial charge is 0.254 e. The van der Waals surface area contributed by atoms with Gasteiger partial charge in [-0.1, -0.05) is 60.7 Å². The van der Waals surface area contributed by atoms with Gasteiger partial charge in [0, 0.05) is 23.6 Å². The summed E-state index contributed by atoms with van der Waals surface area (Å²) in [5, 5.41) is 0. The van der Waals surface area contributed by atoms with Crippen LogP contribution in [0.15, 0.2) is 69.1 Å². The van der Waals surface area contributed by atoms with Crippen molar-refractivity contribution >= 4 is 53.7 Å². The molecule has 4 aromatic rings. The Morgan fingerprint density at radius 3 is 1.27 bits per heavy atom. The summed E-state index contributed by atoms with van der Waals surface area (Å²) in [5.41, 5.74) is 4.15. The number of thiophene rings is 2. The Kier molecular flexibility index (Phi) is 4.92. The number of fused-ring (bicyclic) bond motifs is 1. The summed E-state index contributed by atoms with van der Waals surface area (Å²) < 4.78 is 28.8. The highest BCUT2D eigenvalue weighted by Gasteiger charge is 2.25. The fraction of sp³-hybridized carbons (Fsp3) is 0.100. The van der Waals surface area contributed by atoms with Crippen molar-refractivity contribution < 1.29 is 8.42 Å². The molecule has 0 fully saturated rings. The minimum absolute atomic E-state index is 0.878. The van der Waals surface area contributed by atoms with Crippen molar-refractivity contribution in [2.45, 2.75) is 8.42 Å². The lowest BCUT2D eigenvalue weighted by Crippen LogP contribution is -1.87. The molecular formula is C20H16O2S4. The smallest absolute Gasteiger partial charge is 0.101 e. The van der Waals surface area contributed by atoms with Crippen LogP contribution in [0.4, 0.5) is 0 Å². The zero-order valence-corrected chi connectivity index (χ0v) is 17.5. The SMILES string of the molecule is CS(=O)c1sc2c(-c3ccccc3)c(S(C)=O)sc2c1-c1ccccc1. The number of hydrogen-bond donors (Lipinski definition) is 0. The summed E-state index contributed by atoms with van der Waals surface area (Å²) in [6, 6.07) is 20.1. The van der Waals surface area contributed by atoms with Crippen LogP contribution in [0.5, 0.6) is 0 Å². The molecule has 0 saturated carbocycles. The second kappa shape index (κ2) is 7.19. The standard InChI is InChI=1S/C20H16O2S4/c1-25(21)19-15(13-9-5-3-6-10-13)17-18(23-19)16(20(24-17)26(2)22)14-11-7-4-8-12-14/h3-12H,1-2H3. The van der Waals surface area contributed by atoms with Crippen LogP contribution in [0.2, 0.25) is 0 Å². The molecule has 2 heterocycles. The van der Waals surface area contributed by atoms with E-state index in [1.54, 1.807) is 35.2 Å². The Morgan fingerprint density at radius 2 is 0.962 bits per heavy atom. The number of rotatable bonds is 4. The zero-order chi connectivity index (χ0) is 18.3. The fourth-order valence-electron chi connectivity index (χ4n) is 3.01. The van der Waals surface area contributed by atoms with Crippen molar-refractivity contribution in [3.05, 3.63) is 60.7 Å². The molecule has 2 aromatic carbocycles. The molecule has 0 aliphatic rings. The van der Waals surface area contributed by atoms with E-state index in [0.717, 1.165) is 40.1 Å². The van der Waals surface area contributed by atoms with E-state index in [0.29, 0.717) is 0 Å². The van der Waals surface area contributed by atoms with Gasteiger partial charge in [-0.3, -0.25) is 8.42 Å². The molecule has 0 N–H and O–H groups in total. The minimum atomic E-state index is -1.08. The van der Waals surface area contributed by atoms with Crippen LogP contribution in [-0.2, 0) is 21.6 Å².